The number of hydrogen-bond donors (Lipinski definition) is 2. The minimum atomic E-state index is -0.313. The molecule has 3 N–H and O–H groups in total. The average molecular weight is 257 g/mol. The number of methoxy groups -OCH3 is 1. The van der Waals surface area contributed by atoms with E-state index >= 15 is 0 Å². The van der Waals surface area contributed by atoms with Gasteiger partial charge in [-0.25, -0.2) is 0 Å². The Kier molecular flexibility index (Phi) is 6.07. The molecule has 1 rings (SSSR count). The molecule has 18 heavy (non-hydrogen) atoms. The highest BCUT2D eigenvalue weighted by Crippen LogP contribution is 2.21. The first kappa shape index (κ1) is 14.9. The summed E-state index contributed by atoms with van der Waals surface area (Å²) in [6.45, 7) is 3.95. The first-order valence-corrected chi connectivity index (χ1v) is 6.34. The first-order chi connectivity index (χ1) is 8.56. The van der Waals surface area contributed by atoms with Crippen molar-refractivity contribution in [2.45, 2.75) is 25.8 Å². The van der Waals surface area contributed by atoms with Crippen molar-refractivity contribution in [3.8, 4) is 0 Å². The maximum Gasteiger partial charge on any atom is 0.236 e. The van der Waals surface area contributed by atoms with Gasteiger partial charge in [-0.2, -0.15) is 0 Å². The van der Waals surface area contributed by atoms with Crippen molar-refractivity contribution in [1.82, 2.24) is 10.2 Å². The van der Waals surface area contributed by atoms with E-state index in [1.54, 1.807) is 12.0 Å². The molecular formula is C12H23N3O3. The fourth-order valence-electron chi connectivity index (χ4n) is 2.16. The van der Waals surface area contributed by atoms with Gasteiger partial charge in [0.05, 0.1) is 19.1 Å². The molecule has 104 valence electrons. The van der Waals surface area contributed by atoms with Gasteiger partial charge in [0.1, 0.15) is 0 Å². The summed E-state index contributed by atoms with van der Waals surface area (Å²) in [6.07, 6.45) is 1.61. The number of piperidine rings is 1. The summed E-state index contributed by atoms with van der Waals surface area (Å²) in [4.78, 5) is 24.9. The van der Waals surface area contributed by atoms with E-state index in [-0.39, 0.29) is 30.3 Å². The Morgan fingerprint density at radius 2 is 2.17 bits per heavy atom. The van der Waals surface area contributed by atoms with Gasteiger partial charge in [0.15, 0.2) is 0 Å². The highest BCUT2D eigenvalue weighted by molar-refractivity contribution is 5.81. The molecule has 0 aromatic carbocycles. The van der Waals surface area contributed by atoms with Gasteiger partial charge in [-0.15, -0.1) is 0 Å². The molecule has 1 aliphatic heterocycles. The van der Waals surface area contributed by atoms with E-state index in [0.29, 0.717) is 19.7 Å². The monoisotopic (exact) mass is 257 g/mol. The summed E-state index contributed by atoms with van der Waals surface area (Å²) in [6, 6.07) is 0.178. The lowest BCUT2D eigenvalue weighted by Crippen LogP contribution is -2.51. The standard InChI is InChI=1S/C12H23N3O3/c1-9-3-4-10(12(13)17)8-15(9)11(16)7-14-5-6-18-2/h9-10,14H,3-8H2,1-2H3,(H2,13,17)/t9-,10+/m1/s1. The van der Waals surface area contributed by atoms with Crippen LogP contribution in [0.1, 0.15) is 19.8 Å². The largest absolute Gasteiger partial charge is 0.383 e. The van der Waals surface area contributed by atoms with Crippen LogP contribution in [-0.2, 0) is 14.3 Å². The third kappa shape index (κ3) is 4.27. The smallest absolute Gasteiger partial charge is 0.236 e. The number of likely N-dealkylation sites (tertiary alicyclic amines) is 1. The highest BCUT2D eigenvalue weighted by atomic mass is 16.5. The average Bonchev–Trinajstić information content (AvgIpc) is 2.34. The lowest BCUT2D eigenvalue weighted by Gasteiger charge is -2.37. The van der Waals surface area contributed by atoms with Crippen molar-refractivity contribution in [2.75, 3.05) is 33.4 Å². The Balaban J connectivity index is 2.41. The van der Waals surface area contributed by atoms with Gasteiger partial charge < -0.3 is 20.7 Å². The number of nitrogens with one attached hydrogen (secondary N) is 1. The van der Waals surface area contributed by atoms with Gasteiger partial charge in [-0.3, -0.25) is 9.59 Å². The topological polar surface area (TPSA) is 84.7 Å². The van der Waals surface area contributed by atoms with Gasteiger partial charge in [-0.1, -0.05) is 0 Å². The van der Waals surface area contributed by atoms with E-state index in [2.05, 4.69) is 5.32 Å². The number of nitrogens with zero attached hydrogens (tertiary/aromatic N) is 1. The molecule has 2 amide bonds. The van der Waals surface area contributed by atoms with Gasteiger partial charge in [0.2, 0.25) is 11.8 Å². The van der Waals surface area contributed by atoms with Crippen LogP contribution in [0.15, 0.2) is 0 Å². The van der Waals surface area contributed by atoms with Crippen molar-refractivity contribution in [2.24, 2.45) is 11.7 Å². The number of nitrogens with two attached hydrogens (primary N) is 1. The second-order valence-electron chi connectivity index (χ2n) is 4.74. The van der Waals surface area contributed by atoms with Crippen LogP contribution in [0.5, 0.6) is 0 Å². The molecule has 0 spiro atoms. The number of carbonyl (C=O) groups excluding carboxylic acids is 2. The molecule has 0 bridgehead atoms. The fourth-order valence-corrected chi connectivity index (χ4v) is 2.16. The molecule has 1 fully saturated rings. The molecule has 0 radical (unpaired) electrons. The fraction of sp³-hybridized carbons (Fsp3) is 0.833. The summed E-state index contributed by atoms with van der Waals surface area (Å²) < 4.78 is 4.89. The van der Waals surface area contributed by atoms with Crippen molar-refractivity contribution in [3.63, 3.8) is 0 Å². The molecule has 1 saturated heterocycles. The minimum Gasteiger partial charge on any atom is -0.383 e. The van der Waals surface area contributed by atoms with E-state index in [4.69, 9.17) is 10.5 Å². The molecule has 0 aromatic heterocycles. The summed E-state index contributed by atoms with van der Waals surface area (Å²) in [5, 5.41) is 3.02. The predicted octanol–water partition coefficient (Wildman–Crippen LogP) is -0.665. The second kappa shape index (κ2) is 7.33. The number of carbonyl (C=O) groups is 2. The quantitative estimate of drug-likeness (QED) is 0.618. The summed E-state index contributed by atoms with van der Waals surface area (Å²) in [7, 11) is 1.62. The number of primary amides is 1. The zero-order valence-corrected chi connectivity index (χ0v) is 11.1. The maximum atomic E-state index is 12.0. The Morgan fingerprint density at radius 3 is 2.78 bits per heavy atom. The van der Waals surface area contributed by atoms with Crippen LogP contribution in [0.25, 0.3) is 0 Å². The zero-order chi connectivity index (χ0) is 13.5. The van der Waals surface area contributed by atoms with Crippen LogP contribution in [0, 0.1) is 5.92 Å². The van der Waals surface area contributed by atoms with Crippen molar-refractivity contribution in [3.05, 3.63) is 0 Å². The third-order valence-corrected chi connectivity index (χ3v) is 3.36. The lowest BCUT2D eigenvalue weighted by atomic mass is 9.93. The summed E-state index contributed by atoms with van der Waals surface area (Å²) in [5.41, 5.74) is 5.31. The van der Waals surface area contributed by atoms with Crippen LogP contribution in [0.2, 0.25) is 0 Å². The zero-order valence-electron chi connectivity index (χ0n) is 11.1. The Hall–Kier alpha value is -1.14. The normalized spacial score (nSPS) is 24.0. The third-order valence-electron chi connectivity index (χ3n) is 3.36. The maximum absolute atomic E-state index is 12.0. The van der Waals surface area contributed by atoms with Gasteiger partial charge >= 0.3 is 0 Å². The molecule has 0 saturated carbocycles. The van der Waals surface area contributed by atoms with E-state index in [9.17, 15) is 9.59 Å². The number of ether oxygens (including phenoxy) is 1. The van der Waals surface area contributed by atoms with Crippen LogP contribution in [0.3, 0.4) is 0 Å². The molecule has 1 heterocycles. The number of hydrogen-bond acceptors (Lipinski definition) is 4. The van der Waals surface area contributed by atoms with Crippen molar-refractivity contribution < 1.29 is 14.3 Å². The Labute approximate surface area is 108 Å². The summed E-state index contributed by atoms with van der Waals surface area (Å²) in [5.74, 6) is -0.499. The Bertz CT molecular complexity index is 296. The molecule has 0 aliphatic carbocycles. The van der Waals surface area contributed by atoms with Gasteiger partial charge in [0.25, 0.3) is 0 Å². The first-order valence-electron chi connectivity index (χ1n) is 6.34. The van der Waals surface area contributed by atoms with E-state index < -0.39 is 0 Å². The minimum absolute atomic E-state index is 0.0181. The molecule has 1 aliphatic rings. The van der Waals surface area contributed by atoms with Crippen LogP contribution < -0.4 is 11.1 Å². The Morgan fingerprint density at radius 1 is 1.44 bits per heavy atom. The van der Waals surface area contributed by atoms with E-state index in [0.717, 1.165) is 12.8 Å². The number of amides is 2. The molecular weight excluding hydrogens is 234 g/mol. The van der Waals surface area contributed by atoms with Gasteiger partial charge in [-0.05, 0) is 19.8 Å². The predicted molar refractivity (Wildman–Crippen MR) is 67.8 cm³/mol. The van der Waals surface area contributed by atoms with Crippen LogP contribution in [-0.4, -0.2) is 56.1 Å². The van der Waals surface area contributed by atoms with Crippen LogP contribution >= 0.6 is 0 Å². The molecule has 0 aromatic rings. The molecule has 6 nitrogen and oxygen atoms in total. The molecule has 2 atom stereocenters. The SMILES string of the molecule is COCCNCC(=O)N1C[C@@H](C(N)=O)CC[C@H]1C. The van der Waals surface area contributed by atoms with Crippen LogP contribution in [0.4, 0.5) is 0 Å². The molecule has 0 unspecified atom stereocenters. The van der Waals surface area contributed by atoms with Gasteiger partial charge in [0, 0.05) is 26.2 Å². The lowest BCUT2D eigenvalue weighted by molar-refractivity contribution is -0.136. The summed E-state index contributed by atoms with van der Waals surface area (Å²) >= 11 is 0. The van der Waals surface area contributed by atoms with Crippen molar-refractivity contribution in [1.29, 1.82) is 0 Å². The number of rotatable bonds is 6. The van der Waals surface area contributed by atoms with E-state index in [1.807, 2.05) is 6.92 Å². The molecule has 6 heteroatoms. The van der Waals surface area contributed by atoms with Crippen molar-refractivity contribution >= 4 is 11.8 Å². The second-order valence-corrected chi connectivity index (χ2v) is 4.74. The van der Waals surface area contributed by atoms with E-state index in [1.165, 1.54) is 0 Å². The highest BCUT2D eigenvalue weighted by Gasteiger charge is 2.31.